The minimum atomic E-state index is -0.733. The molecule has 5 nitrogen and oxygen atoms in total. The van der Waals surface area contributed by atoms with E-state index in [2.05, 4.69) is 36.1 Å². The zero-order chi connectivity index (χ0) is 14.3. The summed E-state index contributed by atoms with van der Waals surface area (Å²) in [4.78, 5) is 15.7. The molecule has 1 aliphatic heterocycles. The van der Waals surface area contributed by atoms with Crippen molar-refractivity contribution in [1.29, 1.82) is 0 Å². The molecule has 0 spiro atoms. The van der Waals surface area contributed by atoms with Crippen molar-refractivity contribution in [3.8, 4) is 0 Å². The van der Waals surface area contributed by atoms with E-state index >= 15 is 0 Å². The maximum absolute atomic E-state index is 11.2. The summed E-state index contributed by atoms with van der Waals surface area (Å²) in [6.07, 6.45) is 3.32. The van der Waals surface area contributed by atoms with E-state index in [1.54, 1.807) is 0 Å². The highest BCUT2D eigenvalue weighted by Gasteiger charge is 2.24. The van der Waals surface area contributed by atoms with E-state index in [0.717, 1.165) is 38.5 Å². The van der Waals surface area contributed by atoms with E-state index in [9.17, 15) is 9.90 Å². The second kappa shape index (κ2) is 8.51. The molecule has 0 aromatic carbocycles. The number of hydrogen-bond acceptors (Lipinski definition) is 4. The summed E-state index contributed by atoms with van der Waals surface area (Å²) in [5, 5.41) is 12.3. The summed E-state index contributed by atoms with van der Waals surface area (Å²) in [7, 11) is 4.23. The Morgan fingerprint density at radius 3 is 2.53 bits per heavy atom. The fraction of sp³-hybridized carbons (Fsp3) is 0.929. The molecule has 1 saturated heterocycles. The van der Waals surface area contributed by atoms with Crippen molar-refractivity contribution in [1.82, 2.24) is 15.1 Å². The Morgan fingerprint density at radius 1 is 1.42 bits per heavy atom. The molecule has 0 aromatic rings. The highest BCUT2D eigenvalue weighted by atomic mass is 16.4. The van der Waals surface area contributed by atoms with Gasteiger partial charge in [0, 0.05) is 13.1 Å². The molecule has 0 aliphatic carbocycles. The third-order valence-corrected chi connectivity index (χ3v) is 3.71. The highest BCUT2D eigenvalue weighted by molar-refractivity contribution is 5.73. The smallest absolute Gasteiger partial charge is 0.322 e. The van der Waals surface area contributed by atoms with Crippen LogP contribution in [0.5, 0.6) is 0 Å². The number of aliphatic carboxylic acids is 1. The average Bonchev–Trinajstić information content (AvgIpc) is 2.35. The van der Waals surface area contributed by atoms with Gasteiger partial charge >= 0.3 is 5.97 Å². The monoisotopic (exact) mass is 271 g/mol. The largest absolute Gasteiger partial charge is 0.480 e. The number of nitrogens with one attached hydrogen (secondary N) is 1. The predicted octanol–water partition coefficient (Wildman–Crippen LogP) is 0.713. The molecule has 19 heavy (non-hydrogen) atoms. The Kier molecular flexibility index (Phi) is 7.34. The lowest BCUT2D eigenvalue weighted by atomic mass is 9.96. The minimum Gasteiger partial charge on any atom is -0.480 e. The number of hydrogen-bond donors (Lipinski definition) is 2. The van der Waals surface area contributed by atoms with E-state index < -0.39 is 12.0 Å². The Labute approximate surface area is 117 Å². The maximum Gasteiger partial charge on any atom is 0.322 e. The van der Waals surface area contributed by atoms with Gasteiger partial charge in [0.25, 0.3) is 0 Å². The third-order valence-electron chi connectivity index (χ3n) is 3.71. The van der Waals surface area contributed by atoms with E-state index in [-0.39, 0.29) is 0 Å². The van der Waals surface area contributed by atoms with Crippen LogP contribution < -0.4 is 5.32 Å². The van der Waals surface area contributed by atoms with Crippen LogP contribution in [0.25, 0.3) is 0 Å². The minimum absolute atomic E-state index is 0.426. The zero-order valence-electron chi connectivity index (χ0n) is 12.6. The molecule has 0 saturated carbocycles. The van der Waals surface area contributed by atoms with Crippen molar-refractivity contribution in [2.24, 2.45) is 5.92 Å². The van der Waals surface area contributed by atoms with E-state index in [1.165, 1.54) is 12.8 Å². The highest BCUT2D eigenvalue weighted by Crippen LogP contribution is 2.17. The van der Waals surface area contributed by atoms with Crippen molar-refractivity contribution >= 4 is 5.97 Å². The first-order valence-corrected chi connectivity index (χ1v) is 7.36. The molecule has 112 valence electrons. The van der Waals surface area contributed by atoms with Gasteiger partial charge in [0.1, 0.15) is 6.04 Å². The Hall–Kier alpha value is -0.650. The summed E-state index contributed by atoms with van der Waals surface area (Å²) in [6, 6.07) is -0.426. The number of nitrogens with zero attached hydrogens (tertiary/aromatic N) is 2. The second-order valence-corrected chi connectivity index (χ2v) is 5.85. The number of piperidine rings is 1. The molecule has 0 amide bonds. The summed E-state index contributed by atoms with van der Waals surface area (Å²) in [6.45, 7) is 6.65. The van der Waals surface area contributed by atoms with Gasteiger partial charge in [0.05, 0.1) is 0 Å². The molecule has 1 atom stereocenters. The number of carbonyl (C=O) groups is 1. The van der Waals surface area contributed by atoms with Crippen LogP contribution >= 0.6 is 0 Å². The fourth-order valence-corrected chi connectivity index (χ4v) is 2.67. The molecule has 1 aliphatic rings. The average molecular weight is 271 g/mol. The Balaban J connectivity index is 2.31. The van der Waals surface area contributed by atoms with Gasteiger partial charge in [-0.05, 0) is 58.9 Å². The Morgan fingerprint density at radius 2 is 2.05 bits per heavy atom. The van der Waals surface area contributed by atoms with Crippen LogP contribution in [-0.4, -0.2) is 73.7 Å². The van der Waals surface area contributed by atoms with Crippen molar-refractivity contribution in [2.75, 3.05) is 46.8 Å². The third kappa shape index (κ3) is 6.36. The molecule has 1 rings (SSSR count). The number of carboxylic acid groups (broad SMARTS) is 1. The zero-order valence-corrected chi connectivity index (χ0v) is 12.6. The molecule has 2 N–H and O–H groups in total. The summed E-state index contributed by atoms with van der Waals surface area (Å²) < 4.78 is 0. The van der Waals surface area contributed by atoms with Crippen molar-refractivity contribution in [2.45, 2.75) is 32.2 Å². The SMILES string of the molecule is CCCNC(CN1CCC(CN(C)C)CC1)C(=O)O. The van der Waals surface area contributed by atoms with Gasteiger partial charge in [-0.2, -0.15) is 0 Å². The van der Waals surface area contributed by atoms with Crippen LogP contribution in [-0.2, 0) is 4.79 Å². The molecular weight excluding hydrogens is 242 g/mol. The molecule has 0 radical (unpaired) electrons. The molecule has 1 heterocycles. The van der Waals surface area contributed by atoms with Gasteiger partial charge in [0.15, 0.2) is 0 Å². The molecular formula is C14H29N3O2. The number of carboxylic acids is 1. The van der Waals surface area contributed by atoms with Crippen LogP contribution in [0.2, 0.25) is 0 Å². The molecule has 1 unspecified atom stereocenters. The normalized spacial score (nSPS) is 19.8. The van der Waals surface area contributed by atoms with Gasteiger partial charge in [-0.1, -0.05) is 6.92 Å². The van der Waals surface area contributed by atoms with E-state index in [0.29, 0.717) is 6.54 Å². The van der Waals surface area contributed by atoms with Crippen LogP contribution in [0.15, 0.2) is 0 Å². The second-order valence-electron chi connectivity index (χ2n) is 5.85. The van der Waals surface area contributed by atoms with Crippen LogP contribution in [0.3, 0.4) is 0 Å². The first-order chi connectivity index (χ1) is 9.02. The van der Waals surface area contributed by atoms with Crippen LogP contribution in [0.4, 0.5) is 0 Å². The summed E-state index contributed by atoms with van der Waals surface area (Å²) in [5.74, 6) is 0.0296. The van der Waals surface area contributed by atoms with Gasteiger partial charge in [-0.3, -0.25) is 4.79 Å². The molecule has 1 fully saturated rings. The molecule has 0 bridgehead atoms. The number of rotatable bonds is 8. The first-order valence-electron chi connectivity index (χ1n) is 7.36. The van der Waals surface area contributed by atoms with Crippen molar-refractivity contribution in [3.63, 3.8) is 0 Å². The van der Waals surface area contributed by atoms with Gasteiger partial charge in [0.2, 0.25) is 0 Å². The quantitative estimate of drug-likeness (QED) is 0.681. The fourth-order valence-electron chi connectivity index (χ4n) is 2.67. The topological polar surface area (TPSA) is 55.8 Å². The van der Waals surface area contributed by atoms with Crippen molar-refractivity contribution in [3.05, 3.63) is 0 Å². The van der Waals surface area contributed by atoms with E-state index in [4.69, 9.17) is 0 Å². The molecule has 0 aromatic heterocycles. The standard InChI is InChI=1S/C14H29N3O2/c1-4-7-15-13(14(18)19)11-17-8-5-12(6-9-17)10-16(2)3/h12-13,15H,4-11H2,1-3H3,(H,18,19). The van der Waals surface area contributed by atoms with Crippen molar-refractivity contribution < 1.29 is 9.90 Å². The number of likely N-dealkylation sites (tertiary alicyclic amines) is 1. The first kappa shape index (κ1) is 16.4. The van der Waals surface area contributed by atoms with Gasteiger partial charge in [-0.25, -0.2) is 0 Å². The lowest BCUT2D eigenvalue weighted by molar-refractivity contribution is -0.140. The van der Waals surface area contributed by atoms with Gasteiger partial charge in [-0.15, -0.1) is 0 Å². The summed E-state index contributed by atoms with van der Waals surface area (Å²) in [5.41, 5.74) is 0. The van der Waals surface area contributed by atoms with Crippen LogP contribution in [0.1, 0.15) is 26.2 Å². The summed E-state index contributed by atoms with van der Waals surface area (Å²) >= 11 is 0. The Bertz CT molecular complexity index is 263. The predicted molar refractivity (Wildman–Crippen MR) is 77.4 cm³/mol. The lowest BCUT2D eigenvalue weighted by Crippen LogP contribution is -2.48. The van der Waals surface area contributed by atoms with E-state index in [1.807, 2.05) is 0 Å². The maximum atomic E-state index is 11.2. The van der Waals surface area contributed by atoms with Gasteiger partial charge < -0.3 is 20.2 Å². The van der Waals surface area contributed by atoms with Crippen LogP contribution in [0, 0.1) is 5.92 Å². The molecule has 5 heteroatoms. The lowest BCUT2D eigenvalue weighted by Gasteiger charge is -2.34.